The summed E-state index contributed by atoms with van der Waals surface area (Å²) in [4.78, 5) is 0. The molecule has 97 valence electrons. The van der Waals surface area contributed by atoms with Crippen LogP contribution in [-0.2, 0) is 41.1 Å². The van der Waals surface area contributed by atoms with Crippen LogP contribution in [0.25, 0.3) is 0 Å². The first-order valence-corrected chi connectivity index (χ1v) is 5.88. The molecule has 0 unspecified atom stereocenters. The van der Waals surface area contributed by atoms with Crippen molar-refractivity contribution in [3.05, 3.63) is 17.2 Å². The average Bonchev–Trinajstić information content (AvgIpc) is 2.34. The van der Waals surface area contributed by atoms with Gasteiger partial charge in [0, 0.05) is 36.4 Å². The molecule has 0 atom stereocenters. The van der Waals surface area contributed by atoms with E-state index in [0.717, 1.165) is 17.7 Å². The van der Waals surface area contributed by atoms with E-state index in [0.29, 0.717) is 0 Å². The Kier molecular flexibility index (Phi) is 9.09. The SMILES string of the molecule is CCCn1ccn(C)c1=S.O=S(=O)([O-])[O-].[Cu+2]. The Labute approximate surface area is 110 Å². The van der Waals surface area contributed by atoms with Crippen molar-refractivity contribution in [3.8, 4) is 0 Å². The van der Waals surface area contributed by atoms with Crippen molar-refractivity contribution in [1.82, 2.24) is 9.13 Å². The van der Waals surface area contributed by atoms with Gasteiger partial charge in [-0.25, -0.2) is 0 Å². The van der Waals surface area contributed by atoms with E-state index >= 15 is 0 Å². The van der Waals surface area contributed by atoms with Crippen LogP contribution in [0.3, 0.4) is 0 Å². The molecular weight excluding hydrogens is 304 g/mol. The number of rotatable bonds is 2. The van der Waals surface area contributed by atoms with Crippen LogP contribution in [-0.4, -0.2) is 26.7 Å². The molecule has 1 aromatic rings. The second-order valence-electron chi connectivity index (χ2n) is 2.79. The van der Waals surface area contributed by atoms with Crippen molar-refractivity contribution < 1.29 is 34.6 Å². The van der Waals surface area contributed by atoms with Gasteiger partial charge in [-0.3, -0.25) is 8.42 Å². The molecule has 0 aromatic carbocycles. The molecule has 0 saturated heterocycles. The van der Waals surface area contributed by atoms with E-state index in [9.17, 15) is 0 Å². The zero-order valence-electron chi connectivity index (χ0n) is 8.71. The van der Waals surface area contributed by atoms with Gasteiger partial charge in [-0.15, -0.1) is 0 Å². The number of aryl methyl sites for hydroxylation is 2. The van der Waals surface area contributed by atoms with Gasteiger partial charge in [-0.2, -0.15) is 0 Å². The average molecular weight is 316 g/mol. The van der Waals surface area contributed by atoms with E-state index in [1.165, 1.54) is 0 Å². The summed E-state index contributed by atoms with van der Waals surface area (Å²) in [5.41, 5.74) is 0. The fourth-order valence-electron chi connectivity index (χ4n) is 0.922. The predicted molar refractivity (Wildman–Crippen MR) is 55.0 cm³/mol. The minimum atomic E-state index is -5.17. The number of nitrogens with zero attached hydrogens (tertiary/aromatic N) is 2. The summed E-state index contributed by atoms with van der Waals surface area (Å²) in [7, 11) is -3.20. The molecule has 6 nitrogen and oxygen atoms in total. The molecule has 0 fully saturated rings. The molecule has 1 heterocycles. The zero-order chi connectivity index (χ0) is 12.1. The summed E-state index contributed by atoms with van der Waals surface area (Å²) in [5, 5.41) is 0. The van der Waals surface area contributed by atoms with Crippen LogP contribution in [0.15, 0.2) is 12.4 Å². The Morgan fingerprint density at radius 2 is 1.81 bits per heavy atom. The molecule has 0 N–H and O–H groups in total. The second kappa shape index (κ2) is 7.99. The maximum absolute atomic E-state index is 8.52. The van der Waals surface area contributed by atoms with Crippen molar-refractivity contribution in [2.75, 3.05) is 0 Å². The molecule has 0 amide bonds. The monoisotopic (exact) mass is 315 g/mol. The maximum Gasteiger partial charge on any atom is 2.00 e. The molecule has 0 bridgehead atoms. The van der Waals surface area contributed by atoms with Gasteiger partial charge in [-0.1, -0.05) is 6.92 Å². The van der Waals surface area contributed by atoms with Gasteiger partial charge in [0.15, 0.2) is 4.77 Å². The van der Waals surface area contributed by atoms with Crippen LogP contribution >= 0.6 is 12.2 Å². The van der Waals surface area contributed by atoms with E-state index in [1.807, 2.05) is 24.0 Å². The molecule has 0 saturated carbocycles. The summed E-state index contributed by atoms with van der Waals surface area (Å²) < 4.78 is 39.0. The van der Waals surface area contributed by atoms with Gasteiger partial charge in [0.25, 0.3) is 0 Å². The van der Waals surface area contributed by atoms with Crippen molar-refractivity contribution >= 4 is 22.6 Å². The molecule has 16 heavy (non-hydrogen) atoms. The third kappa shape index (κ3) is 9.08. The van der Waals surface area contributed by atoms with Crippen LogP contribution in [0.5, 0.6) is 0 Å². The first-order valence-electron chi connectivity index (χ1n) is 4.14. The van der Waals surface area contributed by atoms with E-state index in [-0.39, 0.29) is 17.1 Å². The predicted octanol–water partition coefficient (Wildman–Crippen LogP) is 0.626. The van der Waals surface area contributed by atoms with Crippen LogP contribution in [0, 0.1) is 4.77 Å². The van der Waals surface area contributed by atoms with E-state index in [2.05, 4.69) is 11.5 Å². The summed E-state index contributed by atoms with van der Waals surface area (Å²) in [6.07, 6.45) is 5.14. The Bertz CT molecular complexity index is 443. The number of hydrogen-bond donors (Lipinski definition) is 0. The molecular formula is C7H12CuN2O4S2. The Morgan fingerprint density at radius 1 is 1.38 bits per heavy atom. The van der Waals surface area contributed by atoms with Crippen LogP contribution in [0.4, 0.5) is 0 Å². The Balaban J connectivity index is 0. The largest absolute Gasteiger partial charge is 2.00 e. The third-order valence-electron chi connectivity index (χ3n) is 1.48. The fourth-order valence-corrected chi connectivity index (χ4v) is 1.13. The third-order valence-corrected chi connectivity index (χ3v) is 2.00. The number of aromatic nitrogens is 2. The summed E-state index contributed by atoms with van der Waals surface area (Å²) >= 11 is 5.12. The van der Waals surface area contributed by atoms with E-state index in [4.69, 9.17) is 29.7 Å². The summed E-state index contributed by atoms with van der Waals surface area (Å²) in [5.74, 6) is 0. The summed E-state index contributed by atoms with van der Waals surface area (Å²) in [6.45, 7) is 3.18. The van der Waals surface area contributed by atoms with Crippen LogP contribution in [0.1, 0.15) is 13.3 Å². The van der Waals surface area contributed by atoms with Gasteiger partial charge >= 0.3 is 17.1 Å². The minimum Gasteiger partial charge on any atom is -0.759 e. The van der Waals surface area contributed by atoms with Crippen molar-refractivity contribution in [2.45, 2.75) is 19.9 Å². The maximum atomic E-state index is 8.52. The van der Waals surface area contributed by atoms with Gasteiger partial charge in [0.05, 0.1) is 0 Å². The fraction of sp³-hybridized carbons (Fsp3) is 0.571. The topological polar surface area (TPSA) is 90.1 Å². The van der Waals surface area contributed by atoms with Crippen molar-refractivity contribution in [3.63, 3.8) is 0 Å². The summed E-state index contributed by atoms with van der Waals surface area (Å²) in [6, 6.07) is 0. The number of imidazole rings is 1. The van der Waals surface area contributed by atoms with Crippen molar-refractivity contribution in [1.29, 1.82) is 0 Å². The quantitative estimate of drug-likeness (QED) is 0.345. The molecule has 0 aliphatic heterocycles. The van der Waals surface area contributed by atoms with E-state index < -0.39 is 10.4 Å². The Hall–Kier alpha value is -0.181. The first kappa shape index (κ1) is 18.2. The molecule has 9 heteroatoms. The first-order chi connectivity index (χ1) is 6.75. The normalized spacial score (nSPS) is 10.0. The van der Waals surface area contributed by atoms with Crippen LogP contribution in [0.2, 0.25) is 0 Å². The van der Waals surface area contributed by atoms with Gasteiger partial charge in [-0.05, 0) is 18.6 Å². The zero-order valence-corrected chi connectivity index (χ0v) is 11.3. The van der Waals surface area contributed by atoms with Gasteiger partial charge in [0.2, 0.25) is 0 Å². The standard InChI is InChI=1S/C7H12N2S.Cu.H2O4S/c1-3-4-9-6-5-8(2)7(9)10;;1-5(2,3)4/h5-6H,3-4H2,1-2H3;;(H2,1,2,3,4)/q;+2;/p-2. The van der Waals surface area contributed by atoms with E-state index in [1.54, 1.807) is 0 Å². The van der Waals surface area contributed by atoms with Gasteiger partial charge in [0.1, 0.15) is 0 Å². The van der Waals surface area contributed by atoms with Crippen molar-refractivity contribution in [2.24, 2.45) is 7.05 Å². The number of hydrogen-bond acceptors (Lipinski definition) is 5. The smallest absolute Gasteiger partial charge is 0.759 e. The molecule has 1 rings (SSSR count). The van der Waals surface area contributed by atoms with Crippen LogP contribution < -0.4 is 0 Å². The molecule has 0 aliphatic carbocycles. The molecule has 0 aliphatic rings. The minimum absolute atomic E-state index is 0. The molecule has 1 radical (unpaired) electrons. The molecule has 1 aromatic heterocycles. The van der Waals surface area contributed by atoms with Gasteiger partial charge < -0.3 is 18.2 Å². The molecule has 0 spiro atoms. The Morgan fingerprint density at radius 3 is 2.06 bits per heavy atom. The second-order valence-corrected chi connectivity index (χ2v) is 3.97.